The van der Waals surface area contributed by atoms with E-state index in [9.17, 15) is 24.6 Å². The summed E-state index contributed by atoms with van der Waals surface area (Å²) in [6.07, 6.45) is 1.63. The Morgan fingerprint density at radius 1 is 1.00 bits per heavy atom. The van der Waals surface area contributed by atoms with Gasteiger partial charge in [0.05, 0.1) is 21.7 Å². The van der Waals surface area contributed by atoms with Crippen LogP contribution in [0.4, 0.5) is 5.69 Å². The van der Waals surface area contributed by atoms with Gasteiger partial charge in [-0.05, 0) is 36.4 Å². The number of halogens is 1. The van der Waals surface area contributed by atoms with Gasteiger partial charge in [-0.25, -0.2) is 9.59 Å². The van der Waals surface area contributed by atoms with Gasteiger partial charge in [0.2, 0.25) is 0 Å². The molecule has 0 aromatic heterocycles. The number of ether oxygens (including phenoxy) is 1. The van der Waals surface area contributed by atoms with E-state index in [4.69, 9.17) is 28.6 Å². The third kappa shape index (κ3) is 5.37. The van der Waals surface area contributed by atoms with Crippen molar-refractivity contribution in [2.24, 2.45) is 0 Å². The summed E-state index contributed by atoms with van der Waals surface area (Å²) in [6, 6.07) is 17.9. The van der Waals surface area contributed by atoms with Crippen LogP contribution in [0, 0.1) is 0 Å². The van der Waals surface area contributed by atoms with E-state index < -0.39 is 17.8 Å². The number of nitrogens with zero attached hydrogens (tertiary/aromatic N) is 1. The van der Waals surface area contributed by atoms with Crippen molar-refractivity contribution in [3.8, 4) is 5.75 Å². The zero-order valence-electron chi connectivity index (χ0n) is 17.8. The van der Waals surface area contributed by atoms with Crippen LogP contribution in [0.5, 0.6) is 5.75 Å². The minimum absolute atomic E-state index is 0.0662. The Morgan fingerprint density at radius 3 is 2.29 bits per heavy atom. The van der Waals surface area contributed by atoms with Gasteiger partial charge in [0, 0.05) is 16.1 Å². The summed E-state index contributed by atoms with van der Waals surface area (Å²) in [5, 5.41) is 19.3. The van der Waals surface area contributed by atoms with E-state index in [0.29, 0.717) is 16.3 Å². The van der Waals surface area contributed by atoms with Gasteiger partial charge in [-0.2, -0.15) is 0 Å². The van der Waals surface area contributed by atoms with Crippen molar-refractivity contribution in [3.05, 3.63) is 98.9 Å². The monoisotopic (exact) mass is 525 g/mol. The molecule has 0 aliphatic carbocycles. The second kappa shape index (κ2) is 10.3. The lowest BCUT2D eigenvalue weighted by Crippen LogP contribution is -2.28. The molecule has 1 aliphatic heterocycles. The van der Waals surface area contributed by atoms with Gasteiger partial charge in [-0.3, -0.25) is 9.69 Å². The first-order chi connectivity index (χ1) is 16.7. The zero-order chi connectivity index (χ0) is 25.1. The highest BCUT2D eigenvalue weighted by molar-refractivity contribution is 8.27. The molecule has 2 N–H and O–H groups in total. The molecule has 0 spiro atoms. The number of carboxylic acid groups (broad SMARTS) is 2. The summed E-state index contributed by atoms with van der Waals surface area (Å²) in [5.74, 6) is -2.61. The lowest BCUT2D eigenvalue weighted by Gasteiger charge is -2.16. The molecule has 1 heterocycles. The van der Waals surface area contributed by atoms with Crippen LogP contribution < -0.4 is 9.64 Å². The van der Waals surface area contributed by atoms with Crippen LogP contribution in [0.2, 0.25) is 5.02 Å². The van der Waals surface area contributed by atoms with Gasteiger partial charge in [-0.15, -0.1) is 0 Å². The Morgan fingerprint density at radius 2 is 1.63 bits per heavy atom. The molecule has 10 heteroatoms. The molecular weight excluding hydrogens is 510 g/mol. The molecule has 1 saturated heterocycles. The molecule has 0 bridgehead atoms. The number of thioether (sulfide) groups is 1. The number of rotatable bonds is 7. The van der Waals surface area contributed by atoms with Crippen LogP contribution in [0.1, 0.15) is 31.8 Å². The fourth-order valence-electron chi connectivity index (χ4n) is 3.32. The molecule has 1 amide bonds. The molecule has 3 aromatic carbocycles. The first-order valence-electron chi connectivity index (χ1n) is 10.1. The molecule has 0 unspecified atom stereocenters. The SMILES string of the molecule is O=C(O)c1cc(C(=O)O)cc(N2C(=O)/C(=C/c3ccccc3OCc3ccccc3Cl)SC2=S)c1. The van der Waals surface area contributed by atoms with Gasteiger partial charge < -0.3 is 14.9 Å². The second-order valence-corrected chi connectivity index (χ2v) is 9.40. The number of hydrogen-bond acceptors (Lipinski definition) is 6. The van der Waals surface area contributed by atoms with E-state index >= 15 is 0 Å². The maximum atomic E-state index is 13.2. The number of carbonyl (C=O) groups is 3. The van der Waals surface area contributed by atoms with Crippen molar-refractivity contribution in [2.45, 2.75) is 6.61 Å². The lowest BCUT2D eigenvalue weighted by molar-refractivity contribution is -0.113. The molecule has 7 nitrogen and oxygen atoms in total. The van der Waals surface area contributed by atoms with Crippen LogP contribution in [0.3, 0.4) is 0 Å². The lowest BCUT2D eigenvalue weighted by atomic mass is 10.1. The Hall–Kier alpha value is -3.66. The predicted molar refractivity (Wildman–Crippen MR) is 138 cm³/mol. The van der Waals surface area contributed by atoms with Crippen molar-refractivity contribution in [2.75, 3.05) is 4.90 Å². The van der Waals surface area contributed by atoms with Crippen molar-refractivity contribution >= 4 is 69.5 Å². The van der Waals surface area contributed by atoms with Crippen molar-refractivity contribution in [1.82, 2.24) is 0 Å². The Balaban J connectivity index is 1.64. The van der Waals surface area contributed by atoms with Crippen LogP contribution in [0.25, 0.3) is 6.08 Å². The smallest absolute Gasteiger partial charge is 0.335 e. The minimum atomic E-state index is -1.32. The normalized spacial score (nSPS) is 14.4. The summed E-state index contributed by atoms with van der Waals surface area (Å²) < 4.78 is 6.09. The van der Waals surface area contributed by atoms with Gasteiger partial charge in [0.1, 0.15) is 12.4 Å². The molecule has 0 saturated carbocycles. The average Bonchev–Trinajstić information content (AvgIpc) is 3.11. The van der Waals surface area contributed by atoms with Crippen molar-refractivity contribution in [1.29, 1.82) is 0 Å². The third-order valence-electron chi connectivity index (χ3n) is 5.01. The van der Waals surface area contributed by atoms with E-state index in [1.165, 1.54) is 12.1 Å². The first-order valence-corrected chi connectivity index (χ1v) is 11.7. The van der Waals surface area contributed by atoms with Gasteiger partial charge in [0.15, 0.2) is 4.32 Å². The highest BCUT2D eigenvalue weighted by Crippen LogP contribution is 2.38. The predicted octanol–water partition coefficient (Wildman–Crippen LogP) is 5.72. The van der Waals surface area contributed by atoms with Crippen LogP contribution >= 0.6 is 35.6 Å². The number of amides is 1. The van der Waals surface area contributed by atoms with Crippen LogP contribution in [-0.2, 0) is 11.4 Å². The second-order valence-electron chi connectivity index (χ2n) is 7.31. The summed E-state index contributed by atoms with van der Waals surface area (Å²) in [7, 11) is 0. The molecule has 35 heavy (non-hydrogen) atoms. The summed E-state index contributed by atoms with van der Waals surface area (Å²) in [4.78, 5) is 37.5. The summed E-state index contributed by atoms with van der Waals surface area (Å²) >= 11 is 12.6. The van der Waals surface area contributed by atoms with Crippen LogP contribution in [-0.4, -0.2) is 32.4 Å². The van der Waals surface area contributed by atoms with E-state index in [1.807, 2.05) is 18.2 Å². The van der Waals surface area contributed by atoms with Gasteiger partial charge in [0.25, 0.3) is 5.91 Å². The largest absolute Gasteiger partial charge is 0.488 e. The topological polar surface area (TPSA) is 104 Å². The Bertz CT molecular complexity index is 1370. The number of hydrogen-bond donors (Lipinski definition) is 2. The number of carboxylic acids is 2. The third-order valence-corrected chi connectivity index (χ3v) is 6.68. The molecule has 176 valence electrons. The molecule has 3 aromatic rings. The number of carbonyl (C=O) groups excluding carboxylic acids is 1. The molecular formula is C25H16ClNO6S2. The fraction of sp³-hybridized carbons (Fsp3) is 0.0400. The maximum absolute atomic E-state index is 13.2. The maximum Gasteiger partial charge on any atom is 0.335 e. The number of anilines is 1. The van der Waals surface area contributed by atoms with Crippen molar-refractivity contribution in [3.63, 3.8) is 0 Å². The number of para-hydroxylation sites is 1. The number of aromatic carboxylic acids is 2. The van der Waals surface area contributed by atoms with Gasteiger partial charge >= 0.3 is 11.9 Å². The van der Waals surface area contributed by atoms with E-state index in [-0.39, 0.29) is 32.6 Å². The molecule has 0 radical (unpaired) electrons. The van der Waals surface area contributed by atoms with Crippen molar-refractivity contribution < 1.29 is 29.3 Å². The average molecular weight is 526 g/mol. The Kier molecular flexibility index (Phi) is 7.20. The van der Waals surface area contributed by atoms with E-state index in [1.54, 1.807) is 36.4 Å². The summed E-state index contributed by atoms with van der Waals surface area (Å²) in [6.45, 7) is 0.228. The minimum Gasteiger partial charge on any atom is -0.488 e. The van der Waals surface area contributed by atoms with Gasteiger partial charge in [-0.1, -0.05) is 72.0 Å². The number of thiocarbonyl (C=S) groups is 1. The zero-order valence-corrected chi connectivity index (χ0v) is 20.2. The molecule has 1 aliphatic rings. The summed E-state index contributed by atoms with van der Waals surface area (Å²) in [5.41, 5.74) is 0.970. The number of benzene rings is 3. The first kappa shape index (κ1) is 24.5. The quantitative estimate of drug-likeness (QED) is 0.298. The highest BCUT2D eigenvalue weighted by Gasteiger charge is 2.34. The fourth-order valence-corrected chi connectivity index (χ4v) is 4.80. The standard InChI is InChI=1S/C25H16ClNO6S2/c26-19-7-3-1-6-15(19)13-33-20-8-4-2-5-14(20)12-21-22(28)27(25(34)35-21)18-10-16(23(29)30)9-17(11-18)24(31)32/h1-12H,13H2,(H,29,30)(H,31,32)/b21-12-. The van der Waals surface area contributed by atoms with E-state index in [0.717, 1.165) is 28.3 Å². The molecule has 4 rings (SSSR count). The molecule has 1 fully saturated rings. The van der Waals surface area contributed by atoms with E-state index in [2.05, 4.69) is 0 Å². The van der Waals surface area contributed by atoms with Crippen LogP contribution in [0.15, 0.2) is 71.6 Å². The molecule has 0 atom stereocenters. The highest BCUT2D eigenvalue weighted by atomic mass is 35.5. The Labute approximate surface area is 214 Å².